The van der Waals surface area contributed by atoms with Gasteiger partial charge >= 0.3 is 0 Å². The first kappa shape index (κ1) is 13.1. The number of nitrogens with two attached hydrogens (primary N) is 1. The Morgan fingerprint density at radius 3 is 2.91 bits per heavy atom. The standard InChI is InChI=1S/C19H19N3/c20-17-6-3-7-18-16(17)10-11-19(22-18)21-12-14-9-8-13-4-1-2-5-15(13)14/h1-7,10-11,14H,8-9,12,20H2,(H,21,22)/t14-/m0/s1. The van der Waals surface area contributed by atoms with Gasteiger partial charge in [0.2, 0.25) is 0 Å². The molecule has 0 radical (unpaired) electrons. The molecule has 0 amide bonds. The van der Waals surface area contributed by atoms with Gasteiger partial charge in [-0.25, -0.2) is 4.98 Å². The number of nitrogens with zero attached hydrogens (tertiary/aromatic N) is 1. The number of nitrogen functional groups attached to an aromatic ring is 1. The zero-order valence-corrected chi connectivity index (χ0v) is 12.4. The molecular formula is C19H19N3. The molecule has 3 heteroatoms. The van der Waals surface area contributed by atoms with Crippen LogP contribution in [-0.2, 0) is 6.42 Å². The topological polar surface area (TPSA) is 50.9 Å². The fourth-order valence-corrected chi connectivity index (χ4v) is 3.36. The summed E-state index contributed by atoms with van der Waals surface area (Å²) >= 11 is 0. The molecule has 2 aromatic carbocycles. The van der Waals surface area contributed by atoms with Gasteiger partial charge in [0.25, 0.3) is 0 Å². The van der Waals surface area contributed by atoms with Crippen molar-refractivity contribution < 1.29 is 0 Å². The smallest absolute Gasteiger partial charge is 0.126 e. The van der Waals surface area contributed by atoms with Crippen LogP contribution < -0.4 is 11.1 Å². The van der Waals surface area contributed by atoms with Crippen LogP contribution in [0.25, 0.3) is 10.9 Å². The summed E-state index contributed by atoms with van der Waals surface area (Å²) in [5, 5.41) is 4.50. The van der Waals surface area contributed by atoms with Crippen LogP contribution in [-0.4, -0.2) is 11.5 Å². The summed E-state index contributed by atoms with van der Waals surface area (Å²) in [6, 6.07) is 18.7. The monoisotopic (exact) mass is 289 g/mol. The third kappa shape index (κ3) is 2.29. The maximum Gasteiger partial charge on any atom is 0.126 e. The van der Waals surface area contributed by atoms with Crippen LogP contribution >= 0.6 is 0 Å². The molecule has 4 rings (SSSR count). The summed E-state index contributed by atoms with van der Waals surface area (Å²) in [6.07, 6.45) is 2.40. The van der Waals surface area contributed by atoms with E-state index in [4.69, 9.17) is 5.73 Å². The van der Waals surface area contributed by atoms with Crippen molar-refractivity contribution in [3.8, 4) is 0 Å². The van der Waals surface area contributed by atoms with Crippen LogP contribution in [0.5, 0.6) is 0 Å². The lowest BCUT2D eigenvalue weighted by molar-refractivity contribution is 0.708. The molecule has 0 saturated carbocycles. The average molecular weight is 289 g/mol. The summed E-state index contributed by atoms with van der Waals surface area (Å²) < 4.78 is 0. The highest BCUT2D eigenvalue weighted by atomic mass is 15.0. The Kier molecular flexibility index (Phi) is 3.19. The third-order valence-electron chi connectivity index (χ3n) is 4.55. The molecule has 1 aliphatic rings. The first-order valence-electron chi connectivity index (χ1n) is 7.78. The predicted octanol–water partition coefficient (Wildman–Crippen LogP) is 3.96. The highest BCUT2D eigenvalue weighted by Crippen LogP contribution is 2.33. The van der Waals surface area contributed by atoms with E-state index < -0.39 is 0 Å². The van der Waals surface area contributed by atoms with Crippen molar-refractivity contribution in [3.05, 3.63) is 65.7 Å². The molecule has 0 aliphatic heterocycles. The van der Waals surface area contributed by atoms with Gasteiger partial charge in [0, 0.05) is 23.5 Å². The summed E-state index contributed by atoms with van der Waals surface area (Å²) in [7, 11) is 0. The minimum Gasteiger partial charge on any atom is -0.398 e. The van der Waals surface area contributed by atoms with E-state index in [9.17, 15) is 0 Å². The minimum atomic E-state index is 0.578. The number of hydrogen-bond acceptors (Lipinski definition) is 3. The van der Waals surface area contributed by atoms with Gasteiger partial charge in [0.15, 0.2) is 0 Å². The van der Waals surface area contributed by atoms with Gasteiger partial charge in [-0.3, -0.25) is 0 Å². The number of aryl methyl sites for hydroxylation is 1. The molecule has 0 bridgehead atoms. The van der Waals surface area contributed by atoms with E-state index in [1.165, 1.54) is 24.0 Å². The molecule has 1 aliphatic carbocycles. The summed E-state index contributed by atoms with van der Waals surface area (Å²) in [4.78, 5) is 4.66. The highest BCUT2D eigenvalue weighted by molar-refractivity contribution is 5.90. The van der Waals surface area contributed by atoms with Gasteiger partial charge in [-0.1, -0.05) is 30.3 Å². The molecule has 0 spiro atoms. The minimum absolute atomic E-state index is 0.578. The van der Waals surface area contributed by atoms with Gasteiger partial charge < -0.3 is 11.1 Å². The van der Waals surface area contributed by atoms with Crippen molar-refractivity contribution in [2.24, 2.45) is 0 Å². The van der Waals surface area contributed by atoms with Crippen molar-refractivity contribution >= 4 is 22.4 Å². The Labute approximate surface area is 130 Å². The van der Waals surface area contributed by atoms with Crippen LogP contribution in [0.2, 0.25) is 0 Å². The van der Waals surface area contributed by atoms with E-state index in [1.807, 2.05) is 30.3 Å². The summed E-state index contributed by atoms with van der Waals surface area (Å²) in [5.41, 5.74) is 10.7. The molecule has 110 valence electrons. The Morgan fingerprint density at radius 1 is 1.05 bits per heavy atom. The average Bonchev–Trinajstić information content (AvgIpc) is 2.96. The maximum absolute atomic E-state index is 5.97. The Hall–Kier alpha value is -2.55. The lowest BCUT2D eigenvalue weighted by atomic mass is 10.0. The Balaban J connectivity index is 1.53. The van der Waals surface area contributed by atoms with Gasteiger partial charge in [0.1, 0.15) is 5.82 Å². The van der Waals surface area contributed by atoms with Crippen LogP contribution in [0.4, 0.5) is 11.5 Å². The second kappa shape index (κ2) is 5.34. The predicted molar refractivity (Wildman–Crippen MR) is 92.1 cm³/mol. The number of aromatic nitrogens is 1. The number of benzene rings is 2. The zero-order chi connectivity index (χ0) is 14.9. The number of fused-ring (bicyclic) bond motifs is 2. The van der Waals surface area contributed by atoms with Crippen LogP contribution in [0.3, 0.4) is 0 Å². The first-order chi connectivity index (χ1) is 10.8. The third-order valence-corrected chi connectivity index (χ3v) is 4.55. The van der Waals surface area contributed by atoms with E-state index in [1.54, 1.807) is 0 Å². The molecule has 3 aromatic rings. The fourth-order valence-electron chi connectivity index (χ4n) is 3.36. The van der Waals surface area contributed by atoms with Crippen LogP contribution in [0.15, 0.2) is 54.6 Å². The van der Waals surface area contributed by atoms with Gasteiger partial charge in [-0.05, 0) is 48.2 Å². The maximum atomic E-state index is 5.97. The second-order valence-electron chi connectivity index (χ2n) is 5.93. The molecule has 1 aromatic heterocycles. The van der Waals surface area contributed by atoms with Crippen molar-refractivity contribution in [3.63, 3.8) is 0 Å². The van der Waals surface area contributed by atoms with E-state index in [2.05, 4.69) is 34.6 Å². The zero-order valence-electron chi connectivity index (χ0n) is 12.4. The largest absolute Gasteiger partial charge is 0.398 e. The van der Waals surface area contributed by atoms with E-state index >= 15 is 0 Å². The lowest BCUT2D eigenvalue weighted by Gasteiger charge is -2.14. The second-order valence-corrected chi connectivity index (χ2v) is 5.93. The van der Waals surface area contributed by atoms with Crippen molar-refractivity contribution in [2.45, 2.75) is 18.8 Å². The first-order valence-corrected chi connectivity index (χ1v) is 7.78. The molecule has 22 heavy (non-hydrogen) atoms. The van der Waals surface area contributed by atoms with Crippen LogP contribution in [0, 0.1) is 0 Å². The van der Waals surface area contributed by atoms with Gasteiger partial charge in [0.05, 0.1) is 5.52 Å². The highest BCUT2D eigenvalue weighted by Gasteiger charge is 2.21. The number of nitrogens with one attached hydrogen (secondary N) is 1. The number of hydrogen-bond donors (Lipinski definition) is 2. The van der Waals surface area contributed by atoms with Crippen molar-refractivity contribution in [1.29, 1.82) is 0 Å². The summed E-state index contributed by atoms with van der Waals surface area (Å²) in [6.45, 7) is 0.928. The molecule has 1 atom stereocenters. The quantitative estimate of drug-likeness (QED) is 0.718. The molecule has 0 fully saturated rings. The number of anilines is 2. The molecule has 0 saturated heterocycles. The van der Waals surface area contributed by atoms with Crippen LogP contribution in [0.1, 0.15) is 23.5 Å². The molecule has 1 heterocycles. The van der Waals surface area contributed by atoms with Crippen molar-refractivity contribution in [1.82, 2.24) is 4.98 Å². The normalized spacial score (nSPS) is 16.6. The lowest BCUT2D eigenvalue weighted by Crippen LogP contribution is -2.11. The Bertz CT molecular complexity index is 826. The number of pyridine rings is 1. The van der Waals surface area contributed by atoms with E-state index in [-0.39, 0.29) is 0 Å². The fraction of sp³-hybridized carbons (Fsp3) is 0.211. The number of rotatable bonds is 3. The van der Waals surface area contributed by atoms with Gasteiger partial charge in [-0.2, -0.15) is 0 Å². The van der Waals surface area contributed by atoms with Gasteiger partial charge in [-0.15, -0.1) is 0 Å². The SMILES string of the molecule is Nc1cccc2nc(NC[C@@H]3CCc4ccccc43)ccc12. The summed E-state index contributed by atoms with van der Waals surface area (Å²) in [5.74, 6) is 1.50. The molecule has 0 unspecified atom stereocenters. The molecular weight excluding hydrogens is 270 g/mol. The van der Waals surface area contributed by atoms with E-state index in [0.29, 0.717) is 5.92 Å². The molecule has 3 nitrogen and oxygen atoms in total. The molecule has 3 N–H and O–H groups in total. The Morgan fingerprint density at radius 2 is 1.95 bits per heavy atom. The van der Waals surface area contributed by atoms with Crippen molar-refractivity contribution in [2.75, 3.05) is 17.6 Å². The van der Waals surface area contributed by atoms with E-state index in [0.717, 1.165) is 29.0 Å².